The van der Waals surface area contributed by atoms with Crippen molar-refractivity contribution in [2.45, 2.75) is 38.3 Å². The SMILES string of the molecule is O=C(Cn1nc(C(F)F)cc1C1CC1)Nc1cnn(Cc2ccccc2Cl)c1. The molecular weight excluding hydrogens is 388 g/mol. The highest BCUT2D eigenvalue weighted by Crippen LogP contribution is 2.41. The molecule has 9 heteroatoms. The van der Waals surface area contributed by atoms with Crippen LogP contribution in [0.4, 0.5) is 14.5 Å². The van der Waals surface area contributed by atoms with E-state index >= 15 is 0 Å². The van der Waals surface area contributed by atoms with Crippen molar-refractivity contribution >= 4 is 23.2 Å². The molecule has 0 saturated heterocycles. The summed E-state index contributed by atoms with van der Waals surface area (Å²) >= 11 is 6.15. The molecule has 6 nitrogen and oxygen atoms in total. The van der Waals surface area contributed by atoms with Crippen molar-refractivity contribution in [3.8, 4) is 0 Å². The maximum atomic E-state index is 12.9. The van der Waals surface area contributed by atoms with Crippen LogP contribution >= 0.6 is 11.6 Å². The molecule has 0 unspecified atom stereocenters. The number of aromatic nitrogens is 4. The first-order chi connectivity index (χ1) is 13.5. The average Bonchev–Trinajstić information content (AvgIpc) is 3.27. The van der Waals surface area contributed by atoms with E-state index < -0.39 is 6.43 Å². The Kier molecular flexibility index (Phi) is 5.13. The number of nitrogens with zero attached hydrogens (tertiary/aromatic N) is 4. The minimum Gasteiger partial charge on any atom is -0.322 e. The highest BCUT2D eigenvalue weighted by molar-refractivity contribution is 6.31. The smallest absolute Gasteiger partial charge is 0.282 e. The van der Waals surface area contributed by atoms with Crippen LogP contribution in [0.1, 0.15) is 42.1 Å². The number of nitrogens with one attached hydrogen (secondary N) is 1. The molecule has 1 aromatic carbocycles. The molecule has 0 spiro atoms. The van der Waals surface area contributed by atoms with E-state index in [-0.39, 0.29) is 24.1 Å². The fourth-order valence-corrected chi connectivity index (χ4v) is 3.24. The average molecular weight is 406 g/mol. The molecule has 0 aliphatic heterocycles. The molecule has 0 atom stereocenters. The molecule has 1 aliphatic rings. The van der Waals surface area contributed by atoms with Crippen LogP contribution in [-0.2, 0) is 17.9 Å². The van der Waals surface area contributed by atoms with E-state index in [1.807, 2.05) is 18.2 Å². The Morgan fingerprint density at radius 2 is 2.11 bits per heavy atom. The lowest BCUT2D eigenvalue weighted by Gasteiger charge is -2.07. The van der Waals surface area contributed by atoms with Crippen LogP contribution in [0.5, 0.6) is 0 Å². The van der Waals surface area contributed by atoms with Crippen LogP contribution in [0.25, 0.3) is 0 Å². The summed E-state index contributed by atoms with van der Waals surface area (Å²) in [6.45, 7) is 0.354. The van der Waals surface area contributed by atoms with E-state index in [0.29, 0.717) is 22.9 Å². The van der Waals surface area contributed by atoms with E-state index in [0.717, 1.165) is 18.4 Å². The molecule has 1 aliphatic carbocycles. The van der Waals surface area contributed by atoms with Crippen LogP contribution in [0.15, 0.2) is 42.7 Å². The van der Waals surface area contributed by atoms with Crippen LogP contribution in [-0.4, -0.2) is 25.5 Å². The number of rotatable bonds is 7. The minimum absolute atomic E-state index is 0.117. The van der Waals surface area contributed by atoms with Gasteiger partial charge in [0.25, 0.3) is 6.43 Å². The van der Waals surface area contributed by atoms with Crippen LogP contribution < -0.4 is 5.32 Å². The molecular formula is C19H18ClF2N5O. The van der Waals surface area contributed by atoms with Gasteiger partial charge in [-0.05, 0) is 30.5 Å². The van der Waals surface area contributed by atoms with Gasteiger partial charge in [0.05, 0.1) is 18.4 Å². The monoisotopic (exact) mass is 405 g/mol. The molecule has 0 bridgehead atoms. The molecule has 4 rings (SSSR count). The highest BCUT2D eigenvalue weighted by atomic mass is 35.5. The van der Waals surface area contributed by atoms with Crippen molar-refractivity contribution in [3.05, 3.63) is 64.7 Å². The molecule has 1 fully saturated rings. The van der Waals surface area contributed by atoms with Gasteiger partial charge in [-0.2, -0.15) is 10.2 Å². The Bertz CT molecular complexity index is 996. The first-order valence-electron chi connectivity index (χ1n) is 8.91. The van der Waals surface area contributed by atoms with Gasteiger partial charge >= 0.3 is 0 Å². The summed E-state index contributed by atoms with van der Waals surface area (Å²) in [6, 6.07) is 8.85. The van der Waals surface area contributed by atoms with E-state index in [4.69, 9.17) is 11.6 Å². The quantitative estimate of drug-likeness (QED) is 0.639. The zero-order valence-corrected chi connectivity index (χ0v) is 15.6. The zero-order chi connectivity index (χ0) is 19.7. The largest absolute Gasteiger partial charge is 0.322 e. The second-order valence-corrected chi connectivity index (χ2v) is 7.20. The summed E-state index contributed by atoms with van der Waals surface area (Å²) in [5.74, 6) is -0.130. The molecule has 2 heterocycles. The van der Waals surface area contributed by atoms with Gasteiger partial charge in [-0.1, -0.05) is 29.8 Å². The van der Waals surface area contributed by atoms with Crippen LogP contribution in [0.3, 0.4) is 0 Å². The fourth-order valence-electron chi connectivity index (χ4n) is 3.05. The highest BCUT2D eigenvalue weighted by Gasteiger charge is 2.30. The maximum absolute atomic E-state index is 12.9. The molecule has 146 valence electrons. The predicted octanol–water partition coefficient (Wildman–Crippen LogP) is 4.24. The summed E-state index contributed by atoms with van der Waals surface area (Å²) in [4.78, 5) is 12.4. The molecule has 28 heavy (non-hydrogen) atoms. The summed E-state index contributed by atoms with van der Waals surface area (Å²) in [5.41, 5.74) is 1.84. The molecule has 1 saturated carbocycles. The van der Waals surface area contributed by atoms with Crippen LogP contribution in [0.2, 0.25) is 5.02 Å². The van der Waals surface area contributed by atoms with Gasteiger partial charge in [-0.3, -0.25) is 14.2 Å². The van der Waals surface area contributed by atoms with E-state index in [1.165, 1.54) is 16.9 Å². The van der Waals surface area contributed by atoms with Gasteiger partial charge in [0, 0.05) is 22.8 Å². The normalized spacial score (nSPS) is 13.9. The third kappa shape index (κ3) is 4.22. The van der Waals surface area contributed by atoms with Gasteiger partial charge in [0.2, 0.25) is 5.91 Å². The lowest BCUT2D eigenvalue weighted by Crippen LogP contribution is -2.20. The van der Waals surface area contributed by atoms with Gasteiger partial charge < -0.3 is 5.32 Å². The Morgan fingerprint density at radius 3 is 2.82 bits per heavy atom. The molecule has 1 N–H and O–H groups in total. The Morgan fingerprint density at radius 1 is 1.32 bits per heavy atom. The number of halogens is 3. The number of carbonyl (C=O) groups is 1. The summed E-state index contributed by atoms with van der Waals surface area (Å²) < 4.78 is 28.9. The zero-order valence-electron chi connectivity index (χ0n) is 14.9. The predicted molar refractivity (Wildman–Crippen MR) is 101 cm³/mol. The Labute approximate surface area is 165 Å². The van der Waals surface area contributed by atoms with E-state index in [9.17, 15) is 13.6 Å². The number of hydrogen-bond acceptors (Lipinski definition) is 3. The van der Waals surface area contributed by atoms with Gasteiger partial charge in [0.15, 0.2) is 0 Å². The molecule has 2 aromatic heterocycles. The van der Waals surface area contributed by atoms with Gasteiger partial charge in [-0.15, -0.1) is 0 Å². The number of amides is 1. The van der Waals surface area contributed by atoms with Crippen molar-refractivity contribution in [1.29, 1.82) is 0 Å². The molecule has 1 amide bonds. The summed E-state index contributed by atoms with van der Waals surface area (Å²) in [5, 5.41) is 11.5. The minimum atomic E-state index is -2.65. The third-order valence-corrected chi connectivity index (χ3v) is 4.92. The van der Waals surface area contributed by atoms with Crippen molar-refractivity contribution in [3.63, 3.8) is 0 Å². The third-order valence-electron chi connectivity index (χ3n) is 4.55. The first-order valence-corrected chi connectivity index (χ1v) is 9.29. The number of benzene rings is 1. The van der Waals surface area contributed by atoms with E-state index in [1.54, 1.807) is 16.9 Å². The first kappa shape index (κ1) is 18.6. The van der Waals surface area contributed by atoms with Crippen molar-refractivity contribution in [2.75, 3.05) is 5.32 Å². The van der Waals surface area contributed by atoms with Gasteiger partial charge in [-0.25, -0.2) is 8.78 Å². The topological polar surface area (TPSA) is 64.7 Å². The Balaban J connectivity index is 1.41. The molecule has 3 aromatic rings. The maximum Gasteiger partial charge on any atom is 0.282 e. The number of carbonyl (C=O) groups excluding carboxylic acids is 1. The lowest BCUT2D eigenvalue weighted by atomic mass is 10.2. The summed E-state index contributed by atoms with van der Waals surface area (Å²) in [7, 11) is 0. The lowest BCUT2D eigenvalue weighted by molar-refractivity contribution is -0.117. The second-order valence-electron chi connectivity index (χ2n) is 6.79. The van der Waals surface area contributed by atoms with Crippen molar-refractivity contribution in [1.82, 2.24) is 19.6 Å². The number of anilines is 1. The fraction of sp³-hybridized carbons (Fsp3) is 0.316. The van der Waals surface area contributed by atoms with E-state index in [2.05, 4.69) is 15.5 Å². The molecule has 0 radical (unpaired) electrons. The van der Waals surface area contributed by atoms with Crippen molar-refractivity contribution < 1.29 is 13.6 Å². The standard InChI is InChI=1S/C19H18ClF2N5O/c20-15-4-2-1-3-13(15)9-26-10-14(8-23-26)24-18(28)11-27-17(12-5-6-12)7-16(25-27)19(21)22/h1-4,7-8,10,12,19H,5-6,9,11H2,(H,24,28). The van der Waals surface area contributed by atoms with Crippen LogP contribution in [0, 0.1) is 0 Å². The second kappa shape index (κ2) is 7.71. The van der Waals surface area contributed by atoms with Gasteiger partial charge in [0.1, 0.15) is 12.2 Å². The van der Waals surface area contributed by atoms with Crippen molar-refractivity contribution in [2.24, 2.45) is 0 Å². The number of hydrogen-bond donors (Lipinski definition) is 1. The summed E-state index contributed by atoms with van der Waals surface area (Å²) in [6.07, 6.45) is 2.45. The number of alkyl halides is 2. The Hall–Kier alpha value is -2.74.